The van der Waals surface area contributed by atoms with E-state index >= 15 is 0 Å². The van der Waals surface area contributed by atoms with Gasteiger partial charge in [0.25, 0.3) is 0 Å². The minimum atomic E-state index is -0.781. The second-order valence-electron chi connectivity index (χ2n) is 7.51. The van der Waals surface area contributed by atoms with Gasteiger partial charge < -0.3 is 15.9 Å². The van der Waals surface area contributed by atoms with Crippen LogP contribution in [0.3, 0.4) is 0 Å². The van der Waals surface area contributed by atoms with Crippen molar-refractivity contribution < 1.29 is 19.8 Å². The van der Waals surface area contributed by atoms with E-state index in [0.29, 0.717) is 5.92 Å². The topological polar surface area (TPSA) is 101 Å². The third-order valence-corrected chi connectivity index (χ3v) is 5.40. The molecule has 2 atom stereocenters. The molecule has 4 N–H and O–H groups in total. The predicted octanol–water partition coefficient (Wildman–Crippen LogP) is 1.60. The van der Waals surface area contributed by atoms with E-state index in [1.807, 2.05) is 0 Å². The highest BCUT2D eigenvalue weighted by molar-refractivity contribution is 5.69. The van der Waals surface area contributed by atoms with E-state index in [1.54, 1.807) is 0 Å². The molecule has 0 aromatic carbocycles. The first-order valence-corrected chi connectivity index (χ1v) is 6.97. The molecule has 19 heavy (non-hydrogen) atoms. The van der Waals surface area contributed by atoms with Crippen LogP contribution in [0.4, 0.5) is 0 Å². The molecule has 2 unspecified atom stereocenters. The maximum atomic E-state index is 11.2. The summed E-state index contributed by atoms with van der Waals surface area (Å²) in [6.45, 7) is 0. The zero-order valence-electron chi connectivity index (χ0n) is 11.0. The van der Waals surface area contributed by atoms with E-state index in [2.05, 4.69) is 0 Å². The van der Waals surface area contributed by atoms with Crippen molar-refractivity contribution >= 4 is 11.9 Å². The molecule has 4 aliphatic rings. The minimum absolute atomic E-state index is 0.143. The van der Waals surface area contributed by atoms with Gasteiger partial charge in [-0.25, -0.2) is 0 Å². The highest BCUT2D eigenvalue weighted by Crippen LogP contribution is 2.67. The Balaban J connectivity index is 1.94. The Bertz CT molecular complexity index is 415. The van der Waals surface area contributed by atoms with Gasteiger partial charge in [-0.3, -0.25) is 9.59 Å². The monoisotopic (exact) mass is 267 g/mol. The summed E-state index contributed by atoms with van der Waals surface area (Å²) in [6, 6.07) is 0. The molecule has 0 heterocycles. The van der Waals surface area contributed by atoms with Crippen LogP contribution in [0.1, 0.15) is 51.4 Å². The zero-order chi connectivity index (χ0) is 13.9. The molecule has 0 saturated heterocycles. The Morgan fingerprint density at radius 3 is 1.79 bits per heavy atom. The lowest BCUT2D eigenvalue weighted by atomic mass is 9.41. The van der Waals surface area contributed by atoms with Gasteiger partial charge in [-0.1, -0.05) is 0 Å². The molecule has 0 spiro atoms. The van der Waals surface area contributed by atoms with Crippen molar-refractivity contribution in [2.24, 2.45) is 22.5 Å². The third kappa shape index (κ3) is 2.14. The molecular weight excluding hydrogens is 246 g/mol. The van der Waals surface area contributed by atoms with Gasteiger partial charge in [0.15, 0.2) is 0 Å². The molecule has 4 saturated carbocycles. The number of carbonyl (C=O) groups is 2. The average molecular weight is 267 g/mol. The number of nitrogens with two attached hydrogens (primary N) is 1. The quantitative estimate of drug-likeness (QED) is 0.718. The fourth-order valence-electron chi connectivity index (χ4n) is 5.96. The Labute approximate surface area is 112 Å². The van der Waals surface area contributed by atoms with E-state index in [-0.39, 0.29) is 29.2 Å². The van der Waals surface area contributed by atoms with E-state index in [1.165, 1.54) is 0 Å². The molecule has 0 aromatic heterocycles. The van der Waals surface area contributed by atoms with Crippen molar-refractivity contribution in [3.05, 3.63) is 0 Å². The Morgan fingerprint density at radius 1 is 0.947 bits per heavy atom. The van der Waals surface area contributed by atoms with Crippen LogP contribution < -0.4 is 5.73 Å². The summed E-state index contributed by atoms with van der Waals surface area (Å²) < 4.78 is 0. The largest absolute Gasteiger partial charge is 0.481 e. The maximum Gasteiger partial charge on any atom is 0.303 e. The number of rotatable bonds is 4. The molecule has 4 fully saturated rings. The molecule has 5 nitrogen and oxygen atoms in total. The third-order valence-electron chi connectivity index (χ3n) is 5.40. The summed E-state index contributed by atoms with van der Waals surface area (Å²) in [4.78, 5) is 22.3. The van der Waals surface area contributed by atoms with Crippen molar-refractivity contribution in [2.75, 3.05) is 0 Å². The van der Waals surface area contributed by atoms with E-state index in [4.69, 9.17) is 15.9 Å². The minimum Gasteiger partial charge on any atom is -0.481 e. The van der Waals surface area contributed by atoms with Crippen LogP contribution in [0, 0.1) is 16.7 Å². The first kappa shape index (κ1) is 12.9. The van der Waals surface area contributed by atoms with Crippen LogP contribution in [0.2, 0.25) is 0 Å². The average Bonchev–Trinajstić information content (AvgIpc) is 2.06. The van der Waals surface area contributed by atoms with Gasteiger partial charge in [0.2, 0.25) is 0 Å². The smallest absolute Gasteiger partial charge is 0.303 e. The summed E-state index contributed by atoms with van der Waals surface area (Å²) in [5, 5.41) is 18.3. The summed E-state index contributed by atoms with van der Waals surface area (Å²) in [5.41, 5.74) is 5.62. The SMILES string of the molecule is NC12CC3CC(CC(=O)O)(C1)CC(CC(=O)O)(C3)C2. The maximum absolute atomic E-state index is 11.2. The van der Waals surface area contributed by atoms with E-state index in [9.17, 15) is 9.59 Å². The lowest BCUT2D eigenvalue weighted by Crippen LogP contribution is -2.64. The van der Waals surface area contributed by atoms with Crippen molar-refractivity contribution in [3.63, 3.8) is 0 Å². The van der Waals surface area contributed by atoms with E-state index in [0.717, 1.165) is 38.5 Å². The lowest BCUT2D eigenvalue weighted by Gasteiger charge is -2.65. The Morgan fingerprint density at radius 2 is 1.42 bits per heavy atom. The van der Waals surface area contributed by atoms with Crippen LogP contribution in [-0.4, -0.2) is 27.7 Å². The van der Waals surface area contributed by atoms with Crippen molar-refractivity contribution in [3.8, 4) is 0 Å². The van der Waals surface area contributed by atoms with Gasteiger partial charge >= 0.3 is 11.9 Å². The zero-order valence-corrected chi connectivity index (χ0v) is 11.0. The van der Waals surface area contributed by atoms with E-state index < -0.39 is 11.9 Å². The first-order valence-electron chi connectivity index (χ1n) is 6.97. The van der Waals surface area contributed by atoms with Gasteiger partial charge in [0, 0.05) is 5.54 Å². The molecular formula is C14H21NO4. The Hall–Kier alpha value is -1.10. The summed E-state index contributed by atoms with van der Waals surface area (Å²) in [6.07, 6.45) is 5.30. The molecule has 0 aliphatic heterocycles. The molecule has 5 heteroatoms. The number of hydrogen-bond donors (Lipinski definition) is 3. The van der Waals surface area contributed by atoms with Crippen LogP contribution >= 0.6 is 0 Å². The van der Waals surface area contributed by atoms with Crippen LogP contribution in [0.25, 0.3) is 0 Å². The molecule has 4 rings (SSSR count). The van der Waals surface area contributed by atoms with Crippen molar-refractivity contribution in [1.29, 1.82) is 0 Å². The molecule has 0 amide bonds. The highest BCUT2D eigenvalue weighted by Gasteiger charge is 2.62. The second-order valence-corrected chi connectivity index (χ2v) is 7.51. The van der Waals surface area contributed by atoms with Gasteiger partial charge in [-0.2, -0.15) is 0 Å². The predicted molar refractivity (Wildman–Crippen MR) is 67.5 cm³/mol. The van der Waals surface area contributed by atoms with Crippen LogP contribution in [-0.2, 0) is 9.59 Å². The number of hydrogen-bond acceptors (Lipinski definition) is 3. The molecule has 4 aliphatic carbocycles. The second kappa shape index (κ2) is 3.72. The van der Waals surface area contributed by atoms with Crippen LogP contribution in [0.15, 0.2) is 0 Å². The first-order chi connectivity index (χ1) is 8.74. The molecule has 4 bridgehead atoms. The summed E-state index contributed by atoms with van der Waals surface area (Å²) in [5.74, 6) is -1.15. The molecule has 0 radical (unpaired) electrons. The molecule has 106 valence electrons. The normalized spacial score (nSPS) is 47.3. The van der Waals surface area contributed by atoms with Crippen molar-refractivity contribution in [1.82, 2.24) is 0 Å². The van der Waals surface area contributed by atoms with Crippen LogP contribution in [0.5, 0.6) is 0 Å². The highest BCUT2D eigenvalue weighted by atomic mass is 16.4. The van der Waals surface area contributed by atoms with Crippen molar-refractivity contribution in [2.45, 2.75) is 56.9 Å². The van der Waals surface area contributed by atoms with Gasteiger partial charge in [-0.05, 0) is 55.3 Å². The fraction of sp³-hybridized carbons (Fsp3) is 0.857. The molecule has 0 aromatic rings. The number of carboxylic acid groups (broad SMARTS) is 2. The number of carboxylic acids is 2. The fourth-order valence-corrected chi connectivity index (χ4v) is 5.96. The van der Waals surface area contributed by atoms with Gasteiger partial charge in [0.1, 0.15) is 0 Å². The summed E-state index contributed by atoms with van der Waals surface area (Å²) in [7, 11) is 0. The number of aliphatic carboxylic acids is 2. The van der Waals surface area contributed by atoms with Gasteiger partial charge in [0.05, 0.1) is 12.8 Å². The Kier molecular flexibility index (Phi) is 2.53. The summed E-state index contributed by atoms with van der Waals surface area (Å²) >= 11 is 0. The van der Waals surface area contributed by atoms with Gasteiger partial charge in [-0.15, -0.1) is 0 Å². The lowest BCUT2D eigenvalue weighted by molar-refractivity contribution is -0.163. The standard InChI is InChI=1S/C14H21NO4/c15-14-3-9-1-12(7-14,4-10(16)17)6-13(2-9,8-14)5-11(18)19/h9H,1-8,15H2,(H,16,17)(H,18,19).